The predicted molar refractivity (Wildman–Crippen MR) is 118 cm³/mol. The molecule has 1 amide bonds. The average Bonchev–Trinajstić information content (AvgIpc) is 3.33. The molecule has 0 saturated heterocycles. The summed E-state index contributed by atoms with van der Waals surface area (Å²) in [7, 11) is 2.00. The van der Waals surface area contributed by atoms with Gasteiger partial charge >= 0.3 is 0 Å². The average molecular weight is 409 g/mol. The highest BCUT2D eigenvalue weighted by Gasteiger charge is 2.22. The molecule has 1 aliphatic rings. The van der Waals surface area contributed by atoms with Gasteiger partial charge in [0.1, 0.15) is 0 Å². The number of amides is 1. The maximum atomic E-state index is 12.4. The summed E-state index contributed by atoms with van der Waals surface area (Å²) in [4.78, 5) is 21.8. The number of aliphatic hydroxyl groups excluding tert-OH is 1. The molecule has 0 aromatic carbocycles. The molecule has 0 aliphatic heterocycles. The van der Waals surface area contributed by atoms with E-state index >= 15 is 0 Å². The Bertz CT molecular complexity index is 1140. The number of aromatic amines is 1. The number of aromatic nitrogens is 4. The number of hydrogen-bond acceptors (Lipinski definition) is 5. The van der Waals surface area contributed by atoms with Crippen LogP contribution in [-0.4, -0.2) is 57.0 Å². The largest absolute Gasteiger partial charge is 0.395 e. The second-order valence-corrected chi connectivity index (χ2v) is 7.50. The number of aryl methyl sites for hydroxylation is 2. The molecule has 8 nitrogen and oxygen atoms in total. The van der Waals surface area contributed by atoms with Gasteiger partial charge in [-0.05, 0) is 30.4 Å². The van der Waals surface area contributed by atoms with Crippen LogP contribution in [-0.2, 0) is 18.3 Å². The van der Waals surface area contributed by atoms with Gasteiger partial charge in [-0.3, -0.25) is 9.48 Å². The maximum absolute atomic E-state index is 12.4. The van der Waals surface area contributed by atoms with E-state index < -0.39 is 0 Å². The van der Waals surface area contributed by atoms with Crippen LogP contribution < -0.4 is 10.6 Å². The van der Waals surface area contributed by atoms with Gasteiger partial charge in [0.05, 0.1) is 23.2 Å². The zero-order chi connectivity index (χ0) is 21.1. The van der Waals surface area contributed by atoms with Gasteiger partial charge in [-0.2, -0.15) is 0 Å². The highest BCUT2D eigenvalue weighted by Crippen LogP contribution is 2.35. The first kappa shape index (κ1) is 20.3. The van der Waals surface area contributed by atoms with Crippen LogP contribution in [0.15, 0.2) is 30.1 Å². The first-order valence-electron chi connectivity index (χ1n) is 10.4. The molecule has 3 aromatic heterocycles. The lowest BCUT2D eigenvalue weighted by atomic mass is 9.93. The Kier molecular flexibility index (Phi) is 5.96. The van der Waals surface area contributed by atoms with Crippen LogP contribution in [0.3, 0.4) is 0 Å². The molecule has 3 aromatic rings. The number of fused-ring (bicyclic) bond motifs is 3. The minimum atomic E-state index is -0.0323. The third-order valence-corrected chi connectivity index (χ3v) is 5.59. The number of nitrogens with one attached hydrogen (secondary N) is 3. The van der Waals surface area contributed by atoms with E-state index in [0.717, 1.165) is 51.6 Å². The number of carbonyl (C=O) groups excluding carboxylic acids is 1. The smallest absolute Gasteiger partial charge is 0.247 e. The maximum Gasteiger partial charge on any atom is 0.247 e. The lowest BCUT2D eigenvalue weighted by molar-refractivity contribution is -0.117. The van der Waals surface area contributed by atoms with Gasteiger partial charge in [-0.25, -0.2) is 9.97 Å². The highest BCUT2D eigenvalue weighted by molar-refractivity contribution is 6.06. The van der Waals surface area contributed by atoms with Gasteiger partial charge in [0, 0.05) is 50.0 Å². The molecule has 0 unspecified atom stereocenters. The molecule has 0 spiro atoms. The van der Waals surface area contributed by atoms with Crippen molar-refractivity contribution in [1.82, 2.24) is 30.4 Å². The molecule has 0 atom stereocenters. The highest BCUT2D eigenvalue weighted by atomic mass is 16.3. The quantitative estimate of drug-likeness (QED) is 0.425. The molecule has 30 heavy (non-hydrogen) atoms. The number of nitrogens with zero attached hydrogens (tertiary/aromatic N) is 3. The van der Waals surface area contributed by atoms with Crippen molar-refractivity contribution in [2.75, 3.05) is 26.2 Å². The summed E-state index contributed by atoms with van der Waals surface area (Å²) in [5.41, 5.74) is 6.04. The van der Waals surface area contributed by atoms with Crippen molar-refractivity contribution in [3.63, 3.8) is 0 Å². The number of carbonyl (C=O) groups is 1. The molecule has 4 rings (SSSR count). The van der Waals surface area contributed by atoms with Crippen molar-refractivity contribution in [2.45, 2.75) is 26.2 Å². The number of hydrogen-bond donors (Lipinski definition) is 4. The molecule has 4 N–H and O–H groups in total. The van der Waals surface area contributed by atoms with Crippen molar-refractivity contribution in [1.29, 1.82) is 0 Å². The molecule has 3 heterocycles. The standard InChI is InChI=1S/C22H28N6O2/c1-3-17-18-20-16(13-26-28(20)2)12-25-21(18)27-19(17)14-4-6-15(7-5-14)22(30)24-9-8-23-10-11-29/h4,6,12-13,23,26,29H,3,5,7-11H2,1-2H3,(H,24,30). The summed E-state index contributed by atoms with van der Waals surface area (Å²) in [6.07, 6.45) is 10.1. The summed E-state index contributed by atoms with van der Waals surface area (Å²) < 4.78 is 2.01. The summed E-state index contributed by atoms with van der Waals surface area (Å²) >= 11 is 0. The fourth-order valence-corrected chi connectivity index (χ4v) is 4.07. The third kappa shape index (κ3) is 3.76. The Morgan fingerprint density at radius 1 is 1.27 bits per heavy atom. The van der Waals surface area contributed by atoms with Crippen molar-refractivity contribution in [2.24, 2.45) is 7.05 Å². The van der Waals surface area contributed by atoms with Gasteiger partial charge in [-0.15, -0.1) is 0 Å². The van der Waals surface area contributed by atoms with Gasteiger partial charge < -0.3 is 20.8 Å². The van der Waals surface area contributed by atoms with Crippen molar-refractivity contribution >= 4 is 33.4 Å². The SMILES string of the molecule is CCc1c(C2=CC=C(C(=O)NCCNCCO)CC2)nc2ncc3c[nH]n(C)c3c12. The lowest BCUT2D eigenvalue weighted by Crippen LogP contribution is -2.33. The molecular formula is C22H28N6O2. The Balaban J connectivity index is 1.58. The first-order valence-corrected chi connectivity index (χ1v) is 10.4. The number of allylic oxidation sites excluding steroid dienone is 3. The lowest BCUT2D eigenvalue weighted by Gasteiger charge is -2.15. The normalized spacial score (nSPS) is 14.2. The second-order valence-electron chi connectivity index (χ2n) is 7.50. The van der Waals surface area contributed by atoms with Gasteiger partial charge in [0.2, 0.25) is 5.91 Å². The minimum absolute atomic E-state index is 0.0323. The van der Waals surface area contributed by atoms with Crippen molar-refractivity contribution < 1.29 is 9.90 Å². The van der Waals surface area contributed by atoms with Crippen LogP contribution in [0.25, 0.3) is 27.5 Å². The Labute approximate surface area is 175 Å². The Morgan fingerprint density at radius 2 is 2.13 bits per heavy atom. The van der Waals surface area contributed by atoms with E-state index in [0.29, 0.717) is 26.1 Å². The van der Waals surface area contributed by atoms with Crippen LogP contribution in [0.2, 0.25) is 0 Å². The Hall–Kier alpha value is -2.97. The summed E-state index contributed by atoms with van der Waals surface area (Å²) in [6.45, 7) is 3.96. The number of pyridine rings is 1. The van der Waals surface area contributed by atoms with Crippen LogP contribution in [0.1, 0.15) is 31.0 Å². The molecule has 0 radical (unpaired) electrons. The zero-order valence-corrected chi connectivity index (χ0v) is 17.5. The van der Waals surface area contributed by atoms with Crippen molar-refractivity contribution in [3.05, 3.63) is 41.4 Å². The van der Waals surface area contributed by atoms with E-state index in [-0.39, 0.29) is 12.5 Å². The van der Waals surface area contributed by atoms with Crippen molar-refractivity contribution in [3.8, 4) is 0 Å². The van der Waals surface area contributed by atoms with E-state index in [1.165, 1.54) is 5.56 Å². The van der Waals surface area contributed by atoms with Crippen LogP contribution in [0.5, 0.6) is 0 Å². The van der Waals surface area contributed by atoms with E-state index in [2.05, 4.69) is 27.6 Å². The fraction of sp³-hybridized carbons (Fsp3) is 0.409. The minimum Gasteiger partial charge on any atom is -0.395 e. The van der Waals surface area contributed by atoms with Gasteiger partial charge in [0.15, 0.2) is 5.65 Å². The molecule has 1 aliphatic carbocycles. The monoisotopic (exact) mass is 408 g/mol. The van der Waals surface area contributed by atoms with E-state index in [1.54, 1.807) is 0 Å². The molecule has 0 fully saturated rings. The van der Waals surface area contributed by atoms with Gasteiger partial charge in [0.25, 0.3) is 0 Å². The zero-order valence-electron chi connectivity index (χ0n) is 17.5. The first-order chi connectivity index (χ1) is 14.6. The predicted octanol–water partition coefficient (Wildman–Crippen LogP) is 1.81. The van der Waals surface area contributed by atoms with Crippen LogP contribution in [0, 0.1) is 0 Å². The summed E-state index contributed by atoms with van der Waals surface area (Å²) in [5, 5.41) is 20.1. The molecule has 8 heteroatoms. The van der Waals surface area contributed by atoms with E-state index in [9.17, 15) is 4.79 Å². The van der Waals surface area contributed by atoms with Crippen LogP contribution in [0.4, 0.5) is 0 Å². The summed E-state index contributed by atoms with van der Waals surface area (Å²) in [5.74, 6) is -0.0323. The number of aliphatic hydroxyl groups is 1. The molecule has 0 saturated carbocycles. The summed E-state index contributed by atoms with van der Waals surface area (Å²) in [6, 6.07) is 0. The van der Waals surface area contributed by atoms with Crippen LogP contribution >= 0.6 is 0 Å². The molecule has 0 bridgehead atoms. The number of rotatable bonds is 8. The Morgan fingerprint density at radius 3 is 2.87 bits per heavy atom. The van der Waals surface area contributed by atoms with E-state index in [1.807, 2.05) is 36.3 Å². The topological polar surface area (TPSA) is 108 Å². The number of H-pyrrole nitrogens is 1. The second kappa shape index (κ2) is 8.81. The van der Waals surface area contributed by atoms with Gasteiger partial charge in [-0.1, -0.05) is 19.1 Å². The fourth-order valence-electron chi connectivity index (χ4n) is 4.07. The van der Waals surface area contributed by atoms with E-state index in [4.69, 9.17) is 10.1 Å². The molecule has 158 valence electrons. The third-order valence-electron chi connectivity index (χ3n) is 5.59. The molecular weight excluding hydrogens is 380 g/mol.